The van der Waals surface area contributed by atoms with Crippen molar-refractivity contribution in [1.29, 1.82) is 0 Å². The number of sulfonamides is 1. The summed E-state index contributed by atoms with van der Waals surface area (Å²) in [6.45, 7) is 0.924. The third-order valence-corrected chi connectivity index (χ3v) is 8.52. The number of carbonyl (C=O) groups is 1. The van der Waals surface area contributed by atoms with Crippen molar-refractivity contribution in [3.63, 3.8) is 0 Å². The summed E-state index contributed by atoms with van der Waals surface area (Å²) in [6, 6.07) is 10.9. The Hall–Kier alpha value is -2.04. The van der Waals surface area contributed by atoms with Crippen LogP contribution in [0.5, 0.6) is 0 Å². The number of benzene rings is 2. The monoisotopic (exact) mass is 482 g/mol. The molecule has 0 atom stereocenters. The highest BCUT2D eigenvalue weighted by Crippen LogP contribution is 2.35. The average molecular weight is 483 g/mol. The number of hydrogen-bond acceptors (Lipinski definition) is 5. The van der Waals surface area contributed by atoms with Gasteiger partial charge in [0.15, 0.2) is 0 Å². The molecule has 2 heterocycles. The fourth-order valence-corrected chi connectivity index (χ4v) is 6.59. The van der Waals surface area contributed by atoms with Crippen molar-refractivity contribution in [3.05, 3.63) is 63.7 Å². The molecule has 0 radical (unpaired) electrons. The predicted octanol–water partition coefficient (Wildman–Crippen LogP) is 3.99. The van der Waals surface area contributed by atoms with E-state index in [0.717, 1.165) is 0 Å². The fourth-order valence-electron chi connectivity index (χ4n) is 3.67. The first kappa shape index (κ1) is 22.2. The summed E-state index contributed by atoms with van der Waals surface area (Å²) in [4.78, 5) is 15.4. The van der Waals surface area contributed by atoms with E-state index in [1.807, 2.05) is 0 Å². The first-order valence-corrected chi connectivity index (χ1v) is 12.2. The second kappa shape index (κ2) is 8.84. The second-order valence-electron chi connectivity index (χ2n) is 7.11. The average Bonchev–Trinajstić information content (AvgIpc) is 3.13. The summed E-state index contributed by atoms with van der Waals surface area (Å²) in [7, 11) is -2.20. The van der Waals surface area contributed by atoms with Crippen LogP contribution in [0.25, 0.3) is 10.1 Å². The van der Waals surface area contributed by atoms with Crippen molar-refractivity contribution in [2.75, 3.05) is 33.3 Å². The number of rotatable bonds is 5. The number of thiophene rings is 1. The third kappa shape index (κ3) is 4.20. The van der Waals surface area contributed by atoms with Gasteiger partial charge in [0.05, 0.1) is 16.4 Å². The molecule has 0 aliphatic carbocycles. The molecule has 4 rings (SSSR count). The summed E-state index contributed by atoms with van der Waals surface area (Å²) in [5.74, 6) is -0.635. The molecule has 0 N–H and O–H groups in total. The molecule has 2 aromatic carbocycles. The molecule has 0 unspecified atom stereocenters. The number of methoxy groups -OCH3 is 1. The van der Waals surface area contributed by atoms with Gasteiger partial charge in [0, 0.05) is 54.0 Å². The Bertz CT molecular complexity index is 1240. The van der Waals surface area contributed by atoms with E-state index in [1.54, 1.807) is 29.2 Å². The highest BCUT2D eigenvalue weighted by molar-refractivity contribution is 7.89. The molecular weight excluding hydrogens is 463 g/mol. The van der Waals surface area contributed by atoms with Gasteiger partial charge in [0.25, 0.3) is 5.91 Å². The first-order valence-electron chi connectivity index (χ1n) is 9.56. The molecule has 31 heavy (non-hydrogen) atoms. The topological polar surface area (TPSA) is 66.9 Å². The van der Waals surface area contributed by atoms with Crippen LogP contribution >= 0.6 is 22.9 Å². The molecule has 1 amide bonds. The van der Waals surface area contributed by atoms with Gasteiger partial charge in [-0.1, -0.05) is 23.7 Å². The molecule has 0 spiro atoms. The first-order chi connectivity index (χ1) is 14.8. The van der Waals surface area contributed by atoms with Gasteiger partial charge in [-0.25, -0.2) is 12.8 Å². The Labute approximate surface area is 188 Å². The van der Waals surface area contributed by atoms with Gasteiger partial charge in [0.2, 0.25) is 10.0 Å². The molecule has 1 aliphatic rings. The van der Waals surface area contributed by atoms with Crippen LogP contribution in [-0.2, 0) is 21.4 Å². The molecule has 1 aliphatic heterocycles. The van der Waals surface area contributed by atoms with E-state index in [0.29, 0.717) is 25.5 Å². The lowest BCUT2D eigenvalue weighted by molar-refractivity contribution is 0.0699. The number of ether oxygens (including phenoxy) is 1. The van der Waals surface area contributed by atoms with Crippen molar-refractivity contribution in [2.45, 2.75) is 11.5 Å². The van der Waals surface area contributed by atoms with Crippen LogP contribution in [0.1, 0.15) is 15.2 Å². The standard InChI is InChI=1S/C21H20ClFN2O4S2/c1-29-13-16-19-17(23)6-3-7-18(19)30-20(16)21(26)24-8-10-25(11-9-24)31(27,28)15-5-2-4-14(22)12-15/h2-7,12H,8-11,13H2,1H3. The zero-order valence-electron chi connectivity index (χ0n) is 16.7. The maximum absolute atomic E-state index is 14.4. The fraction of sp³-hybridized carbons (Fsp3) is 0.286. The highest BCUT2D eigenvalue weighted by Gasteiger charge is 2.32. The Morgan fingerprint density at radius 2 is 1.87 bits per heavy atom. The van der Waals surface area contributed by atoms with Gasteiger partial charge in [-0.05, 0) is 30.3 Å². The molecule has 0 saturated carbocycles. The van der Waals surface area contributed by atoms with Gasteiger partial charge in [-0.2, -0.15) is 4.31 Å². The van der Waals surface area contributed by atoms with Crippen molar-refractivity contribution < 1.29 is 22.3 Å². The second-order valence-corrected chi connectivity index (χ2v) is 10.5. The Balaban J connectivity index is 1.55. The number of halogens is 2. The van der Waals surface area contributed by atoms with Gasteiger partial charge < -0.3 is 9.64 Å². The normalized spacial score (nSPS) is 15.5. The zero-order valence-corrected chi connectivity index (χ0v) is 19.1. The molecule has 164 valence electrons. The summed E-state index contributed by atoms with van der Waals surface area (Å²) in [5, 5.41) is 0.748. The van der Waals surface area contributed by atoms with Crippen molar-refractivity contribution in [2.24, 2.45) is 0 Å². The van der Waals surface area contributed by atoms with E-state index in [1.165, 1.54) is 41.0 Å². The predicted molar refractivity (Wildman–Crippen MR) is 119 cm³/mol. The molecule has 1 aromatic heterocycles. The van der Waals surface area contributed by atoms with Crippen LogP contribution in [0, 0.1) is 5.82 Å². The number of amides is 1. The third-order valence-electron chi connectivity index (χ3n) is 5.21. The molecular formula is C21H20ClFN2O4S2. The number of nitrogens with zero attached hydrogens (tertiary/aromatic N) is 2. The van der Waals surface area contributed by atoms with E-state index in [4.69, 9.17) is 16.3 Å². The highest BCUT2D eigenvalue weighted by atomic mass is 35.5. The summed E-state index contributed by atoms with van der Waals surface area (Å²) in [6.07, 6.45) is 0. The molecule has 1 fully saturated rings. The van der Waals surface area contributed by atoms with E-state index in [9.17, 15) is 17.6 Å². The number of piperazine rings is 1. The number of carbonyl (C=O) groups excluding carboxylic acids is 1. The van der Waals surface area contributed by atoms with Gasteiger partial charge in [-0.3, -0.25) is 4.79 Å². The summed E-state index contributed by atoms with van der Waals surface area (Å²) >= 11 is 7.16. The maximum atomic E-state index is 14.4. The van der Waals surface area contributed by atoms with Gasteiger partial charge in [-0.15, -0.1) is 11.3 Å². The lowest BCUT2D eigenvalue weighted by Gasteiger charge is -2.34. The van der Waals surface area contributed by atoms with Crippen molar-refractivity contribution >= 4 is 49.0 Å². The number of hydrogen-bond donors (Lipinski definition) is 0. The van der Waals surface area contributed by atoms with Gasteiger partial charge in [0.1, 0.15) is 5.82 Å². The molecule has 0 bridgehead atoms. The van der Waals surface area contributed by atoms with Crippen LogP contribution in [0.15, 0.2) is 47.4 Å². The minimum Gasteiger partial charge on any atom is -0.380 e. The van der Waals surface area contributed by atoms with E-state index in [-0.39, 0.29) is 43.6 Å². The smallest absolute Gasteiger partial charge is 0.264 e. The van der Waals surface area contributed by atoms with Crippen LogP contribution in [0.2, 0.25) is 5.02 Å². The minimum atomic E-state index is -3.70. The largest absolute Gasteiger partial charge is 0.380 e. The van der Waals surface area contributed by atoms with E-state index < -0.39 is 15.8 Å². The Kier molecular flexibility index (Phi) is 6.32. The van der Waals surface area contributed by atoms with Crippen LogP contribution in [0.4, 0.5) is 4.39 Å². The zero-order chi connectivity index (χ0) is 22.2. The Morgan fingerprint density at radius 1 is 1.16 bits per heavy atom. The van der Waals surface area contributed by atoms with E-state index in [2.05, 4.69) is 0 Å². The lowest BCUT2D eigenvalue weighted by atomic mass is 10.1. The lowest BCUT2D eigenvalue weighted by Crippen LogP contribution is -2.50. The maximum Gasteiger partial charge on any atom is 0.264 e. The SMILES string of the molecule is COCc1c(C(=O)N2CCN(S(=O)(=O)c3cccc(Cl)c3)CC2)sc2cccc(F)c12. The molecule has 10 heteroatoms. The summed E-state index contributed by atoms with van der Waals surface area (Å²) in [5.41, 5.74) is 0.527. The van der Waals surface area contributed by atoms with E-state index >= 15 is 0 Å². The summed E-state index contributed by atoms with van der Waals surface area (Å²) < 4.78 is 47.4. The molecule has 1 saturated heterocycles. The number of fused-ring (bicyclic) bond motifs is 1. The molecule has 6 nitrogen and oxygen atoms in total. The van der Waals surface area contributed by atoms with Crippen molar-refractivity contribution in [3.8, 4) is 0 Å². The van der Waals surface area contributed by atoms with Gasteiger partial charge >= 0.3 is 0 Å². The quantitative estimate of drug-likeness (QED) is 0.551. The molecule has 3 aromatic rings. The minimum absolute atomic E-state index is 0.116. The Morgan fingerprint density at radius 3 is 2.55 bits per heavy atom. The van der Waals surface area contributed by atoms with Crippen LogP contribution in [-0.4, -0.2) is 56.8 Å². The van der Waals surface area contributed by atoms with Crippen LogP contribution in [0.3, 0.4) is 0 Å². The van der Waals surface area contributed by atoms with Crippen LogP contribution < -0.4 is 0 Å². The van der Waals surface area contributed by atoms with Crippen molar-refractivity contribution in [1.82, 2.24) is 9.21 Å².